The Morgan fingerprint density at radius 1 is 1.24 bits per heavy atom. The third-order valence-corrected chi connectivity index (χ3v) is 4.31. The van der Waals surface area contributed by atoms with E-state index < -0.39 is 11.6 Å². The van der Waals surface area contributed by atoms with Crippen LogP contribution in [0.25, 0.3) is 6.08 Å². The molecule has 0 unspecified atom stereocenters. The van der Waals surface area contributed by atoms with Gasteiger partial charge in [-0.1, -0.05) is 25.4 Å². The average molecular weight is 427 g/mol. The van der Waals surface area contributed by atoms with Crippen LogP contribution in [0.5, 0.6) is 0 Å². The lowest BCUT2D eigenvalue weighted by molar-refractivity contribution is -0.158. The number of carbonyl (C=O) groups excluding carboxylic acids is 2. The molecule has 0 aliphatic carbocycles. The molecule has 0 radical (unpaired) electrons. The molecule has 0 fully saturated rings. The number of rotatable bonds is 9. The smallest absolute Gasteiger partial charge is 0.326 e. The van der Waals surface area contributed by atoms with Crippen molar-refractivity contribution in [3.8, 4) is 0 Å². The molecular weight excluding hydrogens is 392 g/mol. The monoisotopic (exact) mass is 426 g/mol. The van der Waals surface area contributed by atoms with Crippen LogP contribution in [0.3, 0.4) is 0 Å². The van der Waals surface area contributed by atoms with E-state index in [1.807, 2.05) is 25.9 Å². The van der Waals surface area contributed by atoms with Crippen molar-refractivity contribution in [3.63, 3.8) is 0 Å². The van der Waals surface area contributed by atoms with E-state index in [2.05, 4.69) is 18.9 Å². The lowest BCUT2D eigenvalue weighted by Gasteiger charge is -2.25. The molecule has 1 amide bonds. The molecule has 0 saturated heterocycles. The molecule has 164 valence electrons. The van der Waals surface area contributed by atoms with E-state index in [4.69, 9.17) is 16.3 Å². The molecule has 8 heteroatoms. The van der Waals surface area contributed by atoms with Gasteiger partial charge in [-0.3, -0.25) is 14.3 Å². The molecule has 1 heterocycles. The number of ether oxygens (including phenoxy) is 1. The fourth-order valence-corrected chi connectivity index (χ4v) is 2.91. The van der Waals surface area contributed by atoms with Crippen molar-refractivity contribution >= 4 is 29.6 Å². The third kappa shape index (κ3) is 9.00. The molecule has 0 saturated carbocycles. The minimum absolute atomic E-state index is 0.104. The molecular formula is C21H35ClN4O3. The van der Waals surface area contributed by atoms with Crippen LogP contribution in [0, 0.1) is 12.8 Å². The van der Waals surface area contributed by atoms with Gasteiger partial charge in [0.25, 0.3) is 0 Å². The Morgan fingerprint density at radius 3 is 2.38 bits per heavy atom. The van der Waals surface area contributed by atoms with Gasteiger partial charge in [0, 0.05) is 31.3 Å². The highest BCUT2D eigenvalue weighted by Crippen LogP contribution is 2.22. The summed E-state index contributed by atoms with van der Waals surface area (Å²) in [5.41, 5.74) is 0.871. The van der Waals surface area contributed by atoms with Gasteiger partial charge >= 0.3 is 5.97 Å². The van der Waals surface area contributed by atoms with Gasteiger partial charge in [0.15, 0.2) is 0 Å². The number of aromatic nitrogens is 2. The maximum atomic E-state index is 12.8. The van der Waals surface area contributed by atoms with Gasteiger partial charge in [-0.2, -0.15) is 5.10 Å². The minimum Gasteiger partial charge on any atom is -0.459 e. The lowest BCUT2D eigenvalue weighted by atomic mass is 10.2. The van der Waals surface area contributed by atoms with E-state index in [1.165, 1.54) is 11.0 Å². The van der Waals surface area contributed by atoms with Crippen LogP contribution in [-0.4, -0.2) is 70.8 Å². The molecule has 0 N–H and O–H groups in total. The van der Waals surface area contributed by atoms with E-state index in [0.717, 1.165) is 5.69 Å². The molecule has 0 bridgehead atoms. The van der Waals surface area contributed by atoms with Crippen molar-refractivity contribution in [1.82, 2.24) is 19.6 Å². The SMILES string of the molecule is Cc1nn(CC(C)C)c(Cl)c1/C=C/C(=O)N(CCN(C)C)CC(=O)OC(C)(C)C. The number of hydrogen-bond acceptors (Lipinski definition) is 5. The zero-order valence-corrected chi connectivity index (χ0v) is 19.7. The fourth-order valence-electron chi connectivity index (χ4n) is 2.60. The molecule has 1 aromatic rings. The van der Waals surface area contributed by atoms with E-state index in [-0.39, 0.29) is 12.5 Å². The summed E-state index contributed by atoms with van der Waals surface area (Å²) in [6.45, 7) is 13.1. The van der Waals surface area contributed by atoms with Gasteiger partial charge in [0.1, 0.15) is 17.3 Å². The number of esters is 1. The molecule has 29 heavy (non-hydrogen) atoms. The highest BCUT2D eigenvalue weighted by atomic mass is 35.5. The minimum atomic E-state index is -0.598. The summed E-state index contributed by atoms with van der Waals surface area (Å²) in [6, 6.07) is 0. The van der Waals surface area contributed by atoms with Crippen molar-refractivity contribution in [2.45, 2.75) is 53.7 Å². The largest absolute Gasteiger partial charge is 0.459 e. The Bertz CT molecular complexity index is 733. The standard InChI is InChI=1S/C21H35ClN4O3/c1-15(2)13-26-20(22)17(16(3)23-26)9-10-18(27)25(12-11-24(7)8)14-19(28)29-21(4,5)6/h9-10,15H,11-14H2,1-8H3/b10-9+. The van der Waals surface area contributed by atoms with Gasteiger partial charge in [0.2, 0.25) is 5.91 Å². The molecule has 0 aliphatic rings. The maximum Gasteiger partial charge on any atom is 0.326 e. The van der Waals surface area contributed by atoms with Crippen molar-refractivity contribution in [3.05, 3.63) is 22.5 Å². The second-order valence-electron chi connectivity index (χ2n) is 8.85. The number of aryl methyl sites for hydroxylation is 1. The highest BCUT2D eigenvalue weighted by molar-refractivity contribution is 6.31. The number of carbonyl (C=O) groups is 2. The highest BCUT2D eigenvalue weighted by Gasteiger charge is 2.21. The summed E-state index contributed by atoms with van der Waals surface area (Å²) >= 11 is 6.44. The van der Waals surface area contributed by atoms with Crippen LogP contribution in [-0.2, 0) is 20.9 Å². The van der Waals surface area contributed by atoms with Gasteiger partial charge < -0.3 is 14.5 Å². The molecule has 0 aliphatic heterocycles. The second-order valence-corrected chi connectivity index (χ2v) is 9.21. The lowest BCUT2D eigenvalue weighted by Crippen LogP contribution is -2.41. The number of hydrogen-bond donors (Lipinski definition) is 0. The first-order chi connectivity index (χ1) is 13.3. The zero-order chi connectivity index (χ0) is 22.4. The third-order valence-electron chi connectivity index (χ3n) is 3.91. The second kappa shape index (κ2) is 10.8. The van der Waals surface area contributed by atoms with Gasteiger partial charge in [-0.25, -0.2) is 0 Å². The van der Waals surface area contributed by atoms with Crippen LogP contribution in [0.2, 0.25) is 5.15 Å². The first kappa shape index (κ1) is 25.2. The van der Waals surface area contributed by atoms with Crippen molar-refractivity contribution < 1.29 is 14.3 Å². The summed E-state index contributed by atoms with van der Waals surface area (Å²) in [5.74, 6) is -0.303. The van der Waals surface area contributed by atoms with E-state index >= 15 is 0 Å². The van der Waals surface area contributed by atoms with Gasteiger partial charge in [0.05, 0.1) is 5.69 Å². The summed E-state index contributed by atoms with van der Waals surface area (Å²) in [7, 11) is 3.83. The Kier molecular flexibility index (Phi) is 9.36. The van der Waals surface area contributed by atoms with E-state index in [9.17, 15) is 9.59 Å². The maximum absolute atomic E-state index is 12.8. The van der Waals surface area contributed by atoms with Crippen LogP contribution in [0.1, 0.15) is 45.9 Å². The van der Waals surface area contributed by atoms with E-state index in [0.29, 0.717) is 36.3 Å². The topological polar surface area (TPSA) is 67.7 Å². The first-order valence-corrected chi connectivity index (χ1v) is 10.2. The summed E-state index contributed by atoms with van der Waals surface area (Å²) in [5, 5.41) is 4.96. The van der Waals surface area contributed by atoms with Crippen LogP contribution < -0.4 is 0 Å². The van der Waals surface area contributed by atoms with E-state index in [1.54, 1.807) is 31.5 Å². The van der Waals surface area contributed by atoms with Crippen LogP contribution >= 0.6 is 11.6 Å². The first-order valence-electron chi connectivity index (χ1n) is 9.86. The Morgan fingerprint density at radius 2 is 1.86 bits per heavy atom. The molecule has 0 aromatic carbocycles. The van der Waals surface area contributed by atoms with Crippen molar-refractivity contribution in [1.29, 1.82) is 0 Å². The normalized spacial score (nSPS) is 12.2. The Hall–Kier alpha value is -1.86. The average Bonchev–Trinajstić information content (AvgIpc) is 2.80. The number of nitrogens with zero attached hydrogens (tertiary/aromatic N) is 4. The van der Waals surface area contributed by atoms with Crippen LogP contribution in [0.15, 0.2) is 6.08 Å². The predicted molar refractivity (Wildman–Crippen MR) is 117 cm³/mol. The molecule has 1 aromatic heterocycles. The Balaban J connectivity index is 2.96. The number of amides is 1. The predicted octanol–water partition coefficient (Wildman–Crippen LogP) is 3.25. The number of halogens is 1. The van der Waals surface area contributed by atoms with Crippen LogP contribution in [0.4, 0.5) is 0 Å². The zero-order valence-electron chi connectivity index (χ0n) is 19.0. The summed E-state index contributed by atoms with van der Waals surface area (Å²) in [4.78, 5) is 28.4. The fraction of sp³-hybridized carbons (Fsp3) is 0.667. The molecule has 0 spiro atoms. The van der Waals surface area contributed by atoms with Gasteiger partial charge in [-0.15, -0.1) is 0 Å². The summed E-state index contributed by atoms with van der Waals surface area (Å²) < 4.78 is 7.11. The number of likely N-dealkylation sites (N-methyl/N-ethyl adjacent to an activating group) is 1. The summed E-state index contributed by atoms with van der Waals surface area (Å²) in [6.07, 6.45) is 3.11. The Labute approximate surface area is 179 Å². The van der Waals surface area contributed by atoms with Crippen molar-refractivity contribution in [2.75, 3.05) is 33.7 Å². The quantitative estimate of drug-likeness (QED) is 0.448. The molecule has 0 atom stereocenters. The van der Waals surface area contributed by atoms with Crippen molar-refractivity contribution in [2.24, 2.45) is 5.92 Å². The molecule has 1 rings (SSSR count). The van der Waals surface area contributed by atoms with Gasteiger partial charge in [-0.05, 0) is 53.8 Å². The molecule has 7 nitrogen and oxygen atoms in total.